The zero-order valence-electron chi connectivity index (χ0n) is 17.1. The molecule has 1 aliphatic rings. The molecule has 1 saturated heterocycles. The second-order valence-corrected chi connectivity index (χ2v) is 7.07. The Balaban J connectivity index is 0.00000320. The van der Waals surface area contributed by atoms with Crippen molar-refractivity contribution < 1.29 is 23.0 Å². The van der Waals surface area contributed by atoms with E-state index in [1.807, 2.05) is 38.1 Å². The first-order valence-corrected chi connectivity index (χ1v) is 9.79. The highest BCUT2D eigenvalue weighted by Crippen LogP contribution is 2.25. The van der Waals surface area contributed by atoms with Crippen LogP contribution in [0.1, 0.15) is 30.0 Å². The van der Waals surface area contributed by atoms with Crippen molar-refractivity contribution in [1.29, 1.82) is 0 Å². The number of benzene rings is 2. The number of aryl methyl sites for hydroxylation is 1. The van der Waals surface area contributed by atoms with E-state index in [0.717, 1.165) is 23.6 Å². The lowest BCUT2D eigenvalue weighted by Crippen LogP contribution is -2.53. The number of amides is 1. The Morgan fingerprint density at radius 1 is 1.20 bits per heavy atom. The molecule has 30 heavy (non-hydrogen) atoms. The second kappa shape index (κ2) is 11.1. The fourth-order valence-corrected chi connectivity index (χ4v) is 3.33. The summed E-state index contributed by atoms with van der Waals surface area (Å²) in [6.07, 6.45) is 0.205. The van der Waals surface area contributed by atoms with E-state index < -0.39 is 24.3 Å². The Morgan fingerprint density at radius 2 is 1.97 bits per heavy atom. The molecule has 5 nitrogen and oxygen atoms in total. The molecule has 0 bridgehead atoms. The van der Waals surface area contributed by atoms with Crippen LogP contribution in [0.15, 0.2) is 36.4 Å². The maximum Gasteiger partial charge on any atom is 0.410 e. The van der Waals surface area contributed by atoms with Crippen LogP contribution >= 0.6 is 12.4 Å². The van der Waals surface area contributed by atoms with Gasteiger partial charge in [0.15, 0.2) is 11.6 Å². The smallest absolute Gasteiger partial charge is 0.410 e. The molecule has 0 saturated carbocycles. The van der Waals surface area contributed by atoms with Crippen molar-refractivity contribution >= 4 is 18.5 Å². The lowest BCUT2D eigenvalue weighted by Gasteiger charge is -2.34. The van der Waals surface area contributed by atoms with Crippen LogP contribution in [0.5, 0.6) is 5.75 Å². The summed E-state index contributed by atoms with van der Waals surface area (Å²) in [6, 6.07) is 9.98. The molecule has 1 amide bonds. The summed E-state index contributed by atoms with van der Waals surface area (Å²) in [7, 11) is 0. The number of hydrogen-bond donors (Lipinski definition) is 1. The van der Waals surface area contributed by atoms with Gasteiger partial charge in [-0.2, -0.15) is 0 Å². The highest BCUT2D eigenvalue weighted by molar-refractivity contribution is 5.85. The van der Waals surface area contributed by atoms with Crippen LogP contribution < -0.4 is 10.1 Å². The highest BCUT2D eigenvalue weighted by atomic mass is 35.5. The van der Waals surface area contributed by atoms with Crippen molar-refractivity contribution in [3.05, 3.63) is 64.7 Å². The third-order valence-electron chi connectivity index (χ3n) is 5.19. The Bertz CT molecular complexity index is 866. The largest absolute Gasteiger partial charge is 0.486 e. The molecule has 2 aromatic rings. The minimum atomic E-state index is -0.848. The van der Waals surface area contributed by atoms with Crippen LogP contribution in [0, 0.1) is 18.6 Å². The molecule has 0 spiro atoms. The van der Waals surface area contributed by atoms with Gasteiger partial charge in [0, 0.05) is 25.7 Å². The first-order chi connectivity index (χ1) is 14.0. The zero-order valence-corrected chi connectivity index (χ0v) is 17.9. The van der Waals surface area contributed by atoms with Crippen LogP contribution in [0.25, 0.3) is 0 Å². The minimum absolute atomic E-state index is 0. The van der Waals surface area contributed by atoms with Crippen LogP contribution in [-0.2, 0) is 18.0 Å². The van der Waals surface area contributed by atoms with Crippen molar-refractivity contribution in [3.8, 4) is 5.75 Å². The van der Waals surface area contributed by atoms with Crippen molar-refractivity contribution in [2.75, 3.05) is 19.6 Å². The third-order valence-corrected chi connectivity index (χ3v) is 5.19. The average molecular weight is 441 g/mol. The van der Waals surface area contributed by atoms with E-state index in [-0.39, 0.29) is 36.4 Å². The fraction of sp³-hybridized carbons (Fsp3) is 0.409. The van der Waals surface area contributed by atoms with Gasteiger partial charge in [-0.3, -0.25) is 0 Å². The Labute approximate surface area is 181 Å². The summed E-state index contributed by atoms with van der Waals surface area (Å²) in [5.74, 6) is -1.70. The van der Waals surface area contributed by atoms with Gasteiger partial charge in [-0.1, -0.05) is 31.2 Å². The normalized spacial score (nSPS) is 16.0. The molecule has 164 valence electrons. The van der Waals surface area contributed by atoms with E-state index in [0.29, 0.717) is 19.6 Å². The monoisotopic (exact) mass is 440 g/mol. The van der Waals surface area contributed by atoms with Crippen LogP contribution in [0.4, 0.5) is 13.6 Å². The lowest BCUT2D eigenvalue weighted by atomic mass is 10.1. The van der Waals surface area contributed by atoms with Gasteiger partial charge < -0.3 is 19.7 Å². The third kappa shape index (κ3) is 5.61. The lowest BCUT2D eigenvalue weighted by molar-refractivity contribution is 0.0697. The van der Waals surface area contributed by atoms with E-state index in [4.69, 9.17) is 9.47 Å². The average Bonchev–Trinajstić information content (AvgIpc) is 2.74. The van der Waals surface area contributed by atoms with Gasteiger partial charge in [0.1, 0.15) is 19.0 Å². The highest BCUT2D eigenvalue weighted by Gasteiger charge is 2.27. The summed E-state index contributed by atoms with van der Waals surface area (Å²) < 4.78 is 39.8. The molecule has 0 radical (unpaired) electrons. The molecule has 1 N–H and O–H groups in total. The van der Waals surface area contributed by atoms with Crippen LogP contribution in [0.2, 0.25) is 0 Å². The first kappa shape index (κ1) is 23.9. The number of carbonyl (C=O) groups excluding carboxylic acids is 1. The van der Waals surface area contributed by atoms with Gasteiger partial charge in [0.25, 0.3) is 0 Å². The molecular formula is C22H27ClF2N2O3. The molecule has 0 aromatic heterocycles. The molecule has 8 heteroatoms. The fourth-order valence-electron chi connectivity index (χ4n) is 3.33. The van der Waals surface area contributed by atoms with Gasteiger partial charge in [0.2, 0.25) is 0 Å². The second-order valence-electron chi connectivity index (χ2n) is 7.07. The van der Waals surface area contributed by atoms with Crippen LogP contribution in [-0.4, -0.2) is 36.7 Å². The minimum Gasteiger partial charge on any atom is -0.486 e. The van der Waals surface area contributed by atoms with Gasteiger partial charge in [-0.25, -0.2) is 13.6 Å². The summed E-state index contributed by atoms with van der Waals surface area (Å²) in [5, 5.41) is 3.22. The molecule has 0 aliphatic carbocycles. The Kier molecular flexibility index (Phi) is 8.87. The molecule has 1 heterocycles. The number of ether oxygens (including phenoxy) is 2. The van der Waals surface area contributed by atoms with Gasteiger partial charge >= 0.3 is 6.09 Å². The van der Waals surface area contributed by atoms with Crippen molar-refractivity contribution in [3.63, 3.8) is 0 Å². The maximum absolute atomic E-state index is 14.8. The predicted octanol–water partition coefficient (Wildman–Crippen LogP) is 4.59. The molecule has 1 fully saturated rings. The zero-order chi connectivity index (χ0) is 20.8. The first-order valence-electron chi connectivity index (χ1n) is 9.79. The van der Waals surface area contributed by atoms with Crippen molar-refractivity contribution in [2.24, 2.45) is 0 Å². The number of hydrogen-bond acceptors (Lipinski definition) is 4. The topological polar surface area (TPSA) is 50.8 Å². The number of piperazine rings is 1. The summed E-state index contributed by atoms with van der Waals surface area (Å²) in [5.41, 5.74) is 1.61. The number of nitrogens with one attached hydrogen (secondary N) is 1. The SMILES string of the molecule is CC[C@@H]1CNCCN1C(=O)OCc1c(F)ccc(OCc2ccccc2C)c1F.Cl. The number of halogens is 3. The summed E-state index contributed by atoms with van der Waals surface area (Å²) in [6.45, 7) is 5.43. The molecule has 3 rings (SSSR count). The van der Waals surface area contributed by atoms with Gasteiger partial charge in [0.05, 0.1) is 5.56 Å². The van der Waals surface area contributed by atoms with E-state index in [1.54, 1.807) is 4.90 Å². The molecule has 1 atom stereocenters. The van der Waals surface area contributed by atoms with E-state index in [1.165, 1.54) is 6.07 Å². The van der Waals surface area contributed by atoms with Crippen LogP contribution in [0.3, 0.4) is 0 Å². The molecule has 2 aromatic carbocycles. The Hall–Kier alpha value is -2.38. The number of nitrogens with zero attached hydrogens (tertiary/aromatic N) is 1. The quantitative estimate of drug-likeness (QED) is 0.713. The predicted molar refractivity (Wildman–Crippen MR) is 113 cm³/mol. The maximum atomic E-state index is 14.8. The van der Waals surface area contributed by atoms with E-state index >= 15 is 0 Å². The summed E-state index contributed by atoms with van der Waals surface area (Å²) >= 11 is 0. The van der Waals surface area contributed by atoms with E-state index in [9.17, 15) is 13.6 Å². The summed E-state index contributed by atoms with van der Waals surface area (Å²) in [4.78, 5) is 14.0. The molecule has 0 unspecified atom stereocenters. The standard InChI is InChI=1S/C22H26F2N2O3.ClH/c1-3-17-12-25-10-11-26(17)22(27)29-14-18-19(23)8-9-20(21(18)24)28-13-16-7-5-4-6-15(16)2;/h4-9,17,25H,3,10-14H2,1-2H3;1H/t17-;/m1./s1. The molecular weight excluding hydrogens is 414 g/mol. The van der Waals surface area contributed by atoms with E-state index in [2.05, 4.69) is 5.32 Å². The van der Waals surface area contributed by atoms with Gasteiger partial charge in [-0.15, -0.1) is 12.4 Å². The number of carbonyl (C=O) groups is 1. The van der Waals surface area contributed by atoms with Crippen molar-refractivity contribution in [1.82, 2.24) is 10.2 Å². The Morgan fingerprint density at radius 3 is 2.70 bits per heavy atom. The van der Waals surface area contributed by atoms with Crippen molar-refractivity contribution in [2.45, 2.75) is 39.5 Å². The van der Waals surface area contributed by atoms with Gasteiger partial charge in [-0.05, 0) is 36.6 Å². The number of rotatable bonds is 6. The molecule has 1 aliphatic heterocycles.